The van der Waals surface area contributed by atoms with Gasteiger partial charge in [0, 0.05) is 10.7 Å². The number of carbonyl (C=O) groups is 2. The number of hydrogen-bond acceptors (Lipinski definition) is 4. The van der Waals surface area contributed by atoms with Gasteiger partial charge in [0.05, 0.1) is 21.6 Å². The van der Waals surface area contributed by atoms with Crippen molar-refractivity contribution in [2.45, 2.75) is 0 Å². The van der Waals surface area contributed by atoms with E-state index in [4.69, 9.17) is 34.8 Å². The predicted molar refractivity (Wildman–Crippen MR) is 104 cm³/mol. The van der Waals surface area contributed by atoms with E-state index in [1.807, 2.05) is 0 Å². The minimum absolute atomic E-state index is 0.0422. The minimum atomic E-state index is -0.350. The first-order chi connectivity index (χ1) is 11.9. The van der Waals surface area contributed by atoms with E-state index in [-0.39, 0.29) is 17.8 Å². The van der Waals surface area contributed by atoms with Crippen LogP contribution in [0.25, 0.3) is 6.08 Å². The van der Waals surface area contributed by atoms with Crippen molar-refractivity contribution in [1.82, 2.24) is 4.90 Å². The highest BCUT2D eigenvalue weighted by atomic mass is 35.5. The molecule has 0 saturated carbocycles. The van der Waals surface area contributed by atoms with Crippen molar-refractivity contribution in [2.24, 2.45) is 0 Å². The van der Waals surface area contributed by atoms with Crippen LogP contribution in [0, 0.1) is 0 Å². The Morgan fingerprint density at radius 2 is 1.72 bits per heavy atom. The smallest absolute Gasteiger partial charge is 0.295 e. The average Bonchev–Trinajstić information content (AvgIpc) is 2.84. The van der Waals surface area contributed by atoms with Crippen LogP contribution >= 0.6 is 46.6 Å². The molecule has 0 radical (unpaired) electrons. The molecule has 8 heteroatoms. The highest BCUT2D eigenvalue weighted by Crippen LogP contribution is 2.32. The maximum Gasteiger partial charge on any atom is 0.295 e. The summed E-state index contributed by atoms with van der Waals surface area (Å²) in [7, 11) is 0. The van der Waals surface area contributed by atoms with Crippen molar-refractivity contribution in [2.75, 3.05) is 12.0 Å². The van der Waals surface area contributed by atoms with Gasteiger partial charge >= 0.3 is 0 Å². The quantitative estimate of drug-likeness (QED) is 0.648. The van der Waals surface area contributed by atoms with Crippen LogP contribution in [0.5, 0.6) is 0 Å². The van der Waals surface area contributed by atoms with E-state index in [0.717, 1.165) is 22.2 Å². The Morgan fingerprint density at radius 3 is 2.40 bits per heavy atom. The number of anilines is 1. The van der Waals surface area contributed by atoms with Gasteiger partial charge < -0.3 is 5.32 Å². The van der Waals surface area contributed by atoms with Crippen molar-refractivity contribution < 1.29 is 9.59 Å². The van der Waals surface area contributed by atoms with Crippen LogP contribution in [0.15, 0.2) is 47.4 Å². The molecule has 0 aromatic heterocycles. The van der Waals surface area contributed by atoms with Gasteiger partial charge in [0.2, 0.25) is 0 Å². The van der Waals surface area contributed by atoms with Gasteiger partial charge in [-0.05, 0) is 53.7 Å². The summed E-state index contributed by atoms with van der Waals surface area (Å²) < 4.78 is 0. The number of carbonyl (C=O) groups excluding carboxylic acids is 2. The number of imide groups is 1. The van der Waals surface area contributed by atoms with Crippen LogP contribution in [0.4, 0.5) is 10.5 Å². The van der Waals surface area contributed by atoms with E-state index in [9.17, 15) is 9.59 Å². The van der Waals surface area contributed by atoms with E-state index in [1.165, 1.54) is 0 Å². The second-order valence-electron chi connectivity index (χ2n) is 5.13. The molecule has 0 unspecified atom stereocenters. The van der Waals surface area contributed by atoms with Crippen molar-refractivity contribution >= 4 is 69.5 Å². The van der Waals surface area contributed by atoms with Crippen molar-refractivity contribution in [3.63, 3.8) is 0 Å². The second kappa shape index (κ2) is 7.70. The van der Waals surface area contributed by atoms with Crippen molar-refractivity contribution in [3.8, 4) is 0 Å². The molecule has 3 rings (SSSR count). The largest absolute Gasteiger partial charge is 0.367 e. The third-order valence-corrected chi connectivity index (χ3v) is 5.30. The summed E-state index contributed by atoms with van der Waals surface area (Å²) in [5.41, 5.74) is 1.46. The molecule has 2 amide bonds. The maximum absolute atomic E-state index is 12.4. The summed E-state index contributed by atoms with van der Waals surface area (Å²) in [5, 5.41) is 4.09. The molecule has 1 aliphatic rings. The summed E-state index contributed by atoms with van der Waals surface area (Å²) in [5.74, 6) is -0.350. The predicted octanol–water partition coefficient (Wildman–Crippen LogP) is 5.75. The molecule has 1 N–H and O–H groups in total. The molecule has 2 aromatic carbocycles. The molecule has 0 spiro atoms. The number of thioether (sulfide) groups is 1. The van der Waals surface area contributed by atoms with Gasteiger partial charge in [-0.1, -0.05) is 46.9 Å². The van der Waals surface area contributed by atoms with Gasteiger partial charge in [-0.15, -0.1) is 0 Å². The molecule has 1 aliphatic heterocycles. The number of benzene rings is 2. The number of halogens is 3. The Hall–Kier alpha value is -1.66. The first kappa shape index (κ1) is 18.1. The van der Waals surface area contributed by atoms with Gasteiger partial charge in [-0.25, -0.2) is 0 Å². The Bertz CT molecular complexity index is 869. The molecule has 2 aromatic rings. The van der Waals surface area contributed by atoms with E-state index in [0.29, 0.717) is 25.7 Å². The van der Waals surface area contributed by atoms with Crippen LogP contribution in [-0.2, 0) is 4.79 Å². The molecular formula is C17H11Cl3N2O2S. The highest BCUT2D eigenvalue weighted by Gasteiger charge is 2.34. The lowest BCUT2D eigenvalue weighted by Crippen LogP contribution is -2.33. The molecule has 0 atom stereocenters. The third kappa shape index (κ3) is 4.30. The Kier molecular flexibility index (Phi) is 5.59. The summed E-state index contributed by atoms with van der Waals surface area (Å²) in [6.07, 6.45) is 1.67. The average molecular weight is 414 g/mol. The molecule has 1 heterocycles. The normalized spacial score (nSPS) is 16.0. The van der Waals surface area contributed by atoms with Gasteiger partial charge in [-0.3, -0.25) is 14.5 Å². The highest BCUT2D eigenvalue weighted by molar-refractivity contribution is 8.18. The zero-order valence-electron chi connectivity index (χ0n) is 12.6. The monoisotopic (exact) mass is 412 g/mol. The standard InChI is InChI=1S/C17H11Cl3N2O2S/c18-11-3-1-10(2-4-11)7-15-16(23)22(17(24)25-15)9-21-12-5-6-13(19)14(20)8-12/h1-8,21H,9H2. The minimum Gasteiger partial charge on any atom is -0.367 e. The van der Waals surface area contributed by atoms with Gasteiger partial charge in [0.15, 0.2) is 0 Å². The molecule has 0 bridgehead atoms. The molecule has 128 valence electrons. The van der Waals surface area contributed by atoms with Gasteiger partial charge in [0.1, 0.15) is 0 Å². The van der Waals surface area contributed by atoms with E-state index in [2.05, 4.69) is 5.32 Å². The summed E-state index contributed by atoms with van der Waals surface area (Å²) in [6, 6.07) is 12.0. The summed E-state index contributed by atoms with van der Waals surface area (Å²) in [4.78, 5) is 26.0. The first-order valence-corrected chi connectivity index (χ1v) is 9.09. The number of amides is 2. The Labute approximate surface area is 163 Å². The lowest BCUT2D eigenvalue weighted by molar-refractivity contribution is -0.122. The number of hydrogen-bond donors (Lipinski definition) is 1. The third-order valence-electron chi connectivity index (χ3n) is 3.40. The fourth-order valence-electron chi connectivity index (χ4n) is 2.12. The first-order valence-electron chi connectivity index (χ1n) is 7.14. The second-order valence-corrected chi connectivity index (χ2v) is 7.37. The molecule has 0 aliphatic carbocycles. The van der Waals surface area contributed by atoms with Crippen LogP contribution in [0.3, 0.4) is 0 Å². The van der Waals surface area contributed by atoms with E-state index < -0.39 is 0 Å². The van der Waals surface area contributed by atoms with Crippen molar-refractivity contribution in [3.05, 3.63) is 68.0 Å². The zero-order valence-corrected chi connectivity index (χ0v) is 15.7. The van der Waals surface area contributed by atoms with E-state index >= 15 is 0 Å². The molecular weight excluding hydrogens is 403 g/mol. The van der Waals surface area contributed by atoms with Crippen LogP contribution < -0.4 is 5.32 Å². The number of nitrogens with zero attached hydrogens (tertiary/aromatic N) is 1. The number of rotatable bonds is 4. The Balaban J connectivity index is 1.70. The molecule has 1 saturated heterocycles. The molecule has 25 heavy (non-hydrogen) atoms. The lowest BCUT2D eigenvalue weighted by Gasteiger charge is -2.14. The van der Waals surface area contributed by atoms with Crippen LogP contribution in [0.2, 0.25) is 15.1 Å². The fraction of sp³-hybridized carbons (Fsp3) is 0.0588. The molecule has 4 nitrogen and oxygen atoms in total. The fourth-order valence-corrected chi connectivity index (χ4v) is 3.39. The molecule has 1 fully saturated rings. The van der Waals surface area contributed by atoms with Crippen LogP contribution in [-0.4, -0.2) is 22.7 Å². The zero-order chi connectivity index (χ0) is 18.0. The summed E-state index contributed by atoms with van der Waals surface area (Å²) >= 11 is 18.6. The van der Waals surface area contributed by atoms with Crippen LogP contribution in [0.1, 0.15) is 5.56 Å². The SMILES string of the molecule is O=C1SC(=Cc2ccc(Cl)cc2)C(=O)N1CNc1ccc(Cl)c(Cl)c1. The van der Waals surface area contributed by atoms with Crippen molar-refractivity contribution in [1.29, 1.82) is 0 Å². The Morgan fingerprint density at radius 1 is 1.00 bits per heavy atom. The maximum atomic E-state index is 12.4. The van der Waals surface area contributed by atoms with Gasteiger partial charge in [-0.2, -0.15) is 0 Å². The topological polar surface area (TPSA) is 49.4 Å². The lowest BCUT2D eigenvalue weighted by atomic mass is 10.2. The summed E-state index contributed by atoms with van der Waals surface area (Å²) in [6.45, 7) is 0.0422. The van der Waals surface area contributed by atoms with E-state index in [1.54, 1.807) is 48.5 Å². The number of nitrogens with one attached hydrogen (secondary N) is 1. The van der Waals surface area contributed by atoms with Gasteiger partial charge in [0.25, 0.3) is 11.1 Å².